The molecule has 0 spiro atoms. The Morgan fingerprint density at radius 3 is 2.63 bits per heavy atom. The molecule has 0 saturated carbocycles. The van der Waals surface area contributed by atoms with Crippen molar-refractivity contribution in [3.63, 3.8) is 0 Å². The van der Waals surface area contributed by atoms with Crippen molar-refractivity contribution in [2.75, 3.05) is 45.8 Å². The van der Waals surface area contributed by atoms with Gasteiger partial charge in [0.2, 0.25) is 0 Å². The topological polar surface area (TPSA) is 64.2 Å². The van der Waals surface area contributed by atoms with Crippen LogP contribution in [0.4, 0.5) is 0 Å². The van der Waals surface area contributed by atoms with Gasteiger partial charge in [-0.15, -0.1) is 0 Å². The van der Waals surface area contributed by atoms with Gasteiger partial charge < -0.3 is 21.3 Å². The van der Waals surface area contributed by atoms with E-state index in [2.05, 4.69) is 85.9 Å². The molecule has 2 aromatic rings. The molecule has 35 heavy (non-hydrogen) atoms. The highest BCUT2D eigenvalue weighted by Gasteiger charge is 2.08. The van der Waals surface area contributed by atoms with Crippen LogP contribution >= 0.6 is 0 Å². The van der Waals surface area contributed by atoms with Crippen LogP contribution < -0.4 is 21.3 Å². The Hall–Kier alpha value is -2.77. The zero-order valence-corrected chi connectivity index (χ0v) is 20.8. The highest BCUT2D eigenvalue weighted by atomic mass is 15.1. The molecule has 0 unspecified atom stereocenters. The molecule has 3 heterocycles. The Labute approximate surface area is 210 Å². The van der Waals surface area contributed by atoms with E-state index in [1.54, 1.807) is 0 Å². The predicted octanol–water partition coefficient (Wildman–Crippen LogP) is 3.12. The first-order chi connectivity index (χ1) is 17.3. The van der Waals surface area contributed by atoms with Gasteiger partial charge in [-0.2, -0.15) is 0 Å². The van der Waals surface area contributed by atoms with Crippen LogP contribution in [0.1, 0.15) is 29.7 Å². The van der Waals surface area contributed by atoms with Crippen LogP contribution in [0.15, 0.2) is 84.2 Å². The van der Waals surface area contributed by atoms with Crippen molar-refractivity contribution in [1.29, 1.82) is 0 Å². The number of hydrogen-bond donors (Lipinski definition) is 4. The molecule has 0 atom stereocenters. The molecule has 0 saturated heterocycles. The van der Waals surface area contributed by atoms with E-state index in [4.69, 9.17) is 0 Å². The Morgan fingerprint density at radius 1 is 0.914 bits per heavy atom. The molecule has 0 fully saturated rings. The summed E-state index contributed by atoms with van der Waals surface area (Å²) in [6.07, 6.45) is 13.0. The van der Waals surface area contributed by atoms with Gasteiger partial charge in [0.25, 0.3) is 0 Å². The number of hydrogen-bond acceptors (Lipinski definition) is 6. The maximum atomic E-state index is 4.37. The summed E-state index contributed by atoms with van der Waals surface area (Å²) in [4.78, 5) is 6.92. The van der Waals surface area contributed by atoms with Crippen LogP contribution in [0, 0.1) is 0 Å². The van der Waals surface area contributed by atoms with Crippen LogP contribution in [-0.4, -0.2) is 55.7 Å². The summed E-state index contributed by atoms with van der Waals surface area (Å²) >= 11 is 0. The maximum absolute atomic E-state index is 4.37. The summed E-state index contributed by atoms with van der Waals surface area (Å²) in [5, 5.41) is 14.1. The van der Waals surface area contributed by atoms with Gasteiger partial charge >= 0.3 is 0 Å². The molecule has 2 bridgehead atoms. The van der Waals surface area contributed by atoms with Gasteiger partial charge in [-0.3, -0.25) is 9.88 Å². The van der Waals surface area contributed by atoms with E-state index in [9.17, 15) is 0 Å². The Bertz CT molecular complexity index is 964. The zero-order valence-electron chi connectivity index (χ0n) is 20.8. The van der Waals surface area contributed by atoms with Crippen molar-refractivity contribution in [3.8, 4) is 0 Å². The summed E-state index contributed by atoms with van der Waals surface area (Å²) < 4.78 is 0. The Kier molecular flexibility index (Phi) is 10.6. The van der Waals surface area contributed by atoms with E-state index in [0.717, 1.165) is 84.0 Å². The lowest BCUT2D eigenvalue weighted by atomic mass is 10.0. The van der Waals surface area contributed by atoms with Crippen molar-refractivity contribution in [2.45, 2.75) is 32.5 Å². The third-order valence-corrected chi connectivity index (χ3v) is 6.40. The average Bonchev–Trinajstić information content (AvgIpc) is 2.89. The van der Waals surface area contributed by atoms with E-state index in [1.165, 1.54) is 22.3 Å². The van der Waals surface area contributed by atoms with E-state index in [0.29, 0.717) is 0 Å². The lowest BCUT2D eigenvalue weighted by Gasteiger charge is -2.23. The minimum Gasteiger partial charge on any atom is -0.387 e. The molecule has 4 N–H and O–H groups in total. The van der Waals surface area contributed by atoms with Crippen LogP contribution in [-0.2, 0) is 19.6 Å². The minimum atomic E-state index is 0.789. The number of aromatic nitrogens is 1. The van der Waals surface area contributed by atoms with Gasteiger partial charge in [-0.05, 0) is 53.8 Å². The first-order valence-corrected chi connectivity index (χ1v) is 12.9. The molecule has 6 heteroatoms. The summed E-state index contributed by atoms with van der Waals surface area (Å²) in [6.45, 7) is 9.63. The average molecular weight is 473 g/mol. The lowest BCUT2D eigenvalue weighted by molar-refractivity contribution is 0.266. The Morgan fingerprint density at radius 2 is 1.77 bits per heavy atom. The van der Waals surface area contributed by atoms with E-state index in [1.807, 2.05) is 18.3 Å². The number of allylic oxidation sites excluding steroid dienone is 2. The van der Waals surface area contributed by atoms with Gasteiger partial charge in [0.05, 0.1) is 5.69 Å². The predicted molar refractivity (Wildman–Crippen MR) is 145 cm³/mol. The standard InChI is InChI=1S/C29H40N6/c1-3-12-30-15-17-35(18-16-31-14-11-28-19-27(5-1)21-32-22-28)24-26-9-7-25(8-10-26)20-33-23-29-6-2-4-13-34-29/h1-2,4-11,13,21,30-33H,3,12,14-20,22-24H2/b5-1-,28-11-. The second kappa shape index (κ2) is 14.6. The summed E-state index contributed by atoms with van der Waals surface area (Å²) in [7, 11) is 0. The van der Waals surface area contributed by atoms with Gasteiger partial charge in [0, 0.05) is 71.3 Å². The van der Waals surface area contributed by atoms with E-state index < -0.39 is 0 Å². The van der Waals surface area contributed by atoms with Crippen LogP contribution in [0.25, 0.3) is 0 Å². The molecule has 0 amide bonds. The van der Waals surface area contributed by atoms with Crippen molar-refractivity contribution < 1.29 is 0 Å². The van der Waals surface area contributed by atoms with Gasteiger partial charge in [0.1, 0.15) is 0 Å². The fourth-order valence-corrected chi connectivity index (χ4v) is 4.41. The summed E-state index contributed by atoms with van der Waals surface area (Å²) in [5.74, 6) is 0. The quantitative estimate of drug-likeness (QED) is 0.485. The number of benzene rings is 1. The van der Waals surface area contributed by atoms with Crippen molar-refractivity contribution >= 4 is 0 Å². The Balaban J connectivity index is 1.25. The second-order valence-corrected chi connectivity index (χ2v) is 9.30. The smallest absolute Gasteiger partial charge is 0.0541 e. The highest BCUT2D eigenvalue weighted by Crippen LogP contribution is 2.15. The molecule has 1 aromatic carbocycles. The van der Waals surface area contributed by atoms with Crippen molar-refractivity contribution in [3.05, 3.63) is 101 Å². The van der Waals surface area contributed by atoms with Gasteiger partial charge in [-0.1, -0.05) is 48.6 Å². The third-order valence-electron chi connectivity index (χ3n) is 6.40. The summed E-state index contributed by atoms with van der Waals surface area (Å²) in [6, 6.07) is 15.1. The number of nitrogens with zero attached hydrogens (tertiary/aromatic N) is 2. The molecule has 186 valence electrons. The molecule has 2 aliphatic heterocycles. The number of pyridine rings is 1. The second-order valence-electron chi connectivity index (χ2n) is 9.30. The first-order valence-electron chi connectivity index (χ1n) is 12.9. The molecular formula is C29H40N6. The minimum absolute atomic E-state index is 0.789. The van der Waals surface area contributed by atoms with Crippen molar-refractivity contribution in [1.82, 2.24) is 31.2 Å². The molecule has 2 aliphatic rings. The third kappa shape index (κ3) is 9.42. The van der Waals surface area contributed by atoms with E-state index in [-0.39, 0.29) is 0 Å². The fraction of sp³-hybridized carbons (Fsp3) is 0.414. The SMILES string of the molecule is C1=C2/C=C\CCNCCN(Cc3ccc(CNCc4ccccn4)cc3)CCNC/C=C(\CN1)C2. The lowest BCUT2D eigenvalue weighted by Crippen LogP contribution is -2.37. The maximum Gasteiger partial charge on any atom is 0.0541 e. The molecule has 4 rings (SSSR count). The summed E-state index contributed by atoms with van der Waals surface area (Å²) in [5.41, 5.74) is 6.58. The van der Waals surface area contributed by atoms with Crippen molar-refractivity contribution in [2.24, 2.45) is 0 Å². The van der Waals surface area contributed by atoms with Crippen LogP contribution in [0.3, 0.4) is 0 Å². The van der Waals surface area contributed by atoms with E-state index >= 15 is 0 Å². The highest BCUT2D eigenvalue weighted by molar-refractivity contribution is 5.29. The van der Waals surface area contributed by atoms with Gasteiger partial charge in [-0.25, -0.2) is 0 Å². The first kappa shape index (κ1) is 25.3. The molecular weight excluding hydrogens is 432 g/mol. The molecule has 6 nitrogen and oxygen atoms in total. The molecule has 0 radical (unpaired) electrons. The molecule has 1 aromatic heterocycles. The monoisotopic (exact) mass is 472 g/mol. The number of nitrogens with one attached hydrogen (secondary N) is 4. The largest absolute Gasteiger partial charge is 0.387 e. The van der Waals surface area contributed by atoms with Crippen LogP contribution in [0.5, 0.6) is 0 Å². The normalized spacial score (nSPS) is 20.8. The number of rotatable bonds is 6. The number of fused-ring (bicyclic) bond motifs is 2. The van der Waals surface area contributed by atoms with Gasteiger partial charge in [0.15, 0.2) is 0 Å². The van der Waals surface area contributed by atoms with Crippen LogP contribution in [0.2, 0.25) is 0 Å². The molecule has 0 aliphatic carbocycles. The zero-order chi connectivity index (χ0) is 24.0. The fourth-order valence-electron chi connectivity index (χ4n) is 4.41.